The van der Waals surface area contributed by atoms with Gasteiger partial charge in [0.25, 0.3) is 0 Å². The highest BCUT2D eigenvalue weighted by atomic mass is 16.5. The molecule has 0 bridgehead atoms. The van der Waals surface area contributed by atoms with Gasteiger partial charge in [-0.25, -0.2) is 0 Å². The van der Waals surface area contributed by atoms with Gasteiger partial charge in [-0.2, -0.15) is 5.10 Å². The number of hydrogen-bond donors (Lipinski definition) is 1. The van der Waals surface area contributed by atoms with Gasteiger partial charge in [-0.3, -0.25) is 4.68 Å². The molecular weight excluding hydrogens is 274 g/mol. The van der Waals surface area contributed by atoms with Gasteiger partial charge in [-0.15, -0.1) is 0 Å². The third kappa shape index (κ3) is 2.96. The molecule has 0 aliphatic rings. The summed E-state index contributed by atoms with van der Waals surface area (Å²) in [6.07, 6.45) is 0. The number of aromatic nitrogens is 2. The molecule has 4 nitrogen and oxygen atoms in total. The molecule has 22 heavy (non-hydrogen) atoms. The Bertz CT molecular complexity index is 759. The van der Waals surface area contributed by atoms with Gasteiger partial charge in [-0.05, 0) is 36.2 Å². The van der Waals surface area contributed by atoms with Crippen LogP contribution in [0.3, 0.4) is 0 Å². The van der Waals surface area contributed by atoms with Gasteiger partial charge in [0, 0.05) is 18.7 Å². The normalized spacial score (nSPS) is 10.6. The summed E-state index contributed by atoms with van der Waals surface area (Å²) in [5.41, 5.74) is 9.98. The minimum absolute atomic E-state index is 0.567. The molecule has 0 saturated heterocycles. The lowest BCUT2D eigenvalue weighted by Crippen LogP contribution is -1.97. The molecule has 3 rings (SSSR count). The lowest BCUT2D eigenvalue weighted by atomic mass is 10.1. The molecule has 0 saturated carbocycles. The molecule has 2 aromatic carbocycles. The van der Waals surface area contributed by atoms with E-state index >= 15 is 0 Å². The molecule has 0 atom stereocenters. The molecule has 0 radical (unpaired) electrons. The van der Waals surface area contributed by atoms with Crippen molar-refractivity contribution in [3.05, 3.63) is 65.7 Å². The summed E-state index contributed by atoms with van der Waals surface area (Å²) < 4.78 is 7.56. The Kier molecular flexibility index (Phi) is 3.83. The second-order valence-electron chi connectivity index (χ2n) is 5.33. The Morgan fingerprint density at radius 1 is 1.09 bits per heavy atom. The number of aryl methyl sites for hydroxylation is 2. The standard InChI is InChI=1S/C18H19N3O/c1-13-10-15(16-11-18(19)21(2)20-16)8-9-17(13)22-12-14-6-4-3-5-7-14/h3-11H,12,19H2,1-2H3. The molecule has 1 aromatic heterocycles. The second-order valence-corrected chi connectivity index (χ2v) is 5.33. The lowest BCUT2D eigenvalue weighted by Gasteiger charge is -2.10. The maximum atomic E-state index is 5.89. The Morgan fingerprint density at radius 2 is 1.86 bits per heavy atom. The monoisotopic (exact) mass is 293 g/mol. The predicted octanol–water partition coefficient (Wildman–Crippen LogP) is 3.56. The number of anilines is 1. The van der Waals surface area contributed by atoms with Crippen molar-refractivity contribution in [3.8, 4) is 17.0 Å². The molecule has 3 aromatic rings. The number of ether oxygens (including phenoxy) is 1. The van der Waals surface area contributed by atoms with Crippen LogP contribution in [0.5, 0.6) is 5.75 Å². The van der Waals surface area contributed by atoms with Crippen LogP contribution >= 0.6 is 0 Å². The zero-order valence-corrected chi connectivity index (χ0v) is 12.8. The minimum Gasteiger partial charge on any atom is -0.489 e. The largest absolute Gasteiger partial charge is 0.489 e. The SMILES string of the molecule is Cc1cc(-c2cc(N)n(C)n2)ccc1OCc1ccccc1. The van der Waals surface area contributed by atoms with Crippen LogP contribution in [0, 0.1) is 6.92 Å². The Balaban J connectivity index is 1.77. The fourth-order valence-corrected chi connectivity index (χ4v) is 2.33. The number of rotatable bonds is 4. The molecule has 1 heterocycles. The first-order chi connectivity index (χ1) is 10.6. The number of nitrogens with two attached hydrogens (primary N) is 1. The van der Waals surface area contributed by atoms with Gasteiger partial charge in [0.2, 0.25) is 0 Å². The van der Waals surface area contributed by atoms with Gasteiger partial charge >= 0.3 is 0 Å². The maximum Gasteiger partial charge on any atom is 0.122 e. The third-order valence-electron chi connectivity index (χ3n) is 3.62. The van der Waals surface area contributed by atoms with E-state index in [1.54, 1.807) is 4.68 Å². The van der Waals surface area contributed by atoms with Gasteiger partial charge in [0.15, 0.2) is 0 Å². The van der Waals surface area contributed by atoms with Crippen molar-refractivity contribution in [2.45, 2.75) is 13.5 Å². The second kappa shape index (κ2) is 5.93. The van der Waals surface area contributed by atoms with E-state index in [-0.39, 0.29) is 0 Å². The highest BCUT2D eigenvalue weighted by Crippen LogP contribution is 2.26. The van der Waals surface area contributed by atoms with E-state index in [1.807, 2.05) is 50.4 Å². The van der Waals surface area contributed by atoms with Gasteiger partial charge in [0.05, 0.1) is 5.69 Å². The zero-order valence-electron chi connectivity index (χ0n) is 12.8. The number of nitrogen functional groups attached to an aromatic ring is 1. The fourth-order valence-electron chi connectivity index (χ4n) is 2.33. The summed E-state index contributed by atoms with van der Waals surface area (Å²) in [6.45, 7) is 2.60. The minimum atomic E-state index is 0.567. The molecule has 0 unspecified atom stereocenters. The predicted molar refractivity (Wildman–Crippen MR) is 88.6 cm³/mol. The van der Waals surface area contributed by atoms with Crippen LogP contribution in [0.25, 0.3) is 11.3 Å². The van der Waals surface area contributed by atoms with Crippen molar-refractivity contribution < 1.29 is 4.74 Å². The van der Waals surface area contributed by atoms with E-state index in [9.17, 15) is 0 Å². The van der Waals surface area contributed by atoms with Crippen molar-refractivity contribution in [1.82, 2.24) is 9.78 Å². The van der Waals surface area contributed by atoms with E-state index in [0.717, 1.165) is 28.1 Å². The fraction of sp³-hybridized carbons (Fsp3) is 0.167. The van der Waals surface area contributed by atoms with Crippen LogP contribution < -0.4 is 10.5 Å². The first kappa shape index (κ1) is 14.2. The molecule has 112 valence electrons. The Morgan fingerprint density at radius 3 is 2.50 bits per heavy atom. The molecular formula is C18H19N3O. The van der Waals surface area contributed by atoms with E-state index in [2.05, 4.69) is 23.3 Å². The van der Waals surface area contributed by atoms with Crippen molar-refractivity contribution >= 4 is 5.82 Å². The third-order valence-corrected chi connectivity index (χ3v) is 3.62. The zero-order chi connectivity index (χ0) is 15.5. The molecule has 0 aliphatic carbocycles. The molecule has 0 amide bonds. The topological polar surface area (TPSA) is 53.1 Å². The summed E-state index contributed by atoms with van der Waals surface area (Å²) in [4.78, 5) is 0. The Hall–Kier alpha value is -2.75. The van der Waals surface area contributed by atoms with Crippen LogP contribution in [0.15, 0.2) is 54.6 Å². The van der Waals surface area contributed by atoms with Gasteiger partial charge in [-0.1, -0.05) is 30.3 Å². The molecule has 0 fully saturated rings. The summed E-state index contributed by atoms with van der Waals surface area (Å²) in [5, 5.41) is 4.40. The van der Waals surface area contributed by atoms with Crippen LogP contribution in [0.4, 0.5) is 5.82 Å². The number of nitrogens with zero attached hydrogens (tertiary/aromatic N) is 2. The highest BCUT2D eigenvalue weighted by Gasteiger charge is 2.07. The van der Waals surface area contributed by atoms with E-state index in [1.165, 1.54) is 0 Å². The van der Waals surface area contributed by atoms with Crippen molar-refractivity contribution in [2.24, 2.45) is 7.05 Å². The molecule has 4 heteroatoms. The van der Waals surface area contributed by atoms with Crippen LogP contribution in [-0.2, 0) is 13.7 Å². The highest BCUT2D eigenvalue weighted by molar-refractivity contribution is 5.64. The number of hydrogen-bond acceptors (Lipinski definition) is 3. The first-order valence-corrected chi connectivity index (χ1v) is 7.21. The van der Waals surface area contributed by atoms with Gasteiger partial charge in [0.1, 0.15) is 18.2 Å². The van der Waals surface area contributed by atoms with E-state index < -0.39 is 0 Å². The van der Waals surface area contributed by atoms with Crippen molar-refractivity contribution in [2.75, 3.05) is 5.73 Å². The quantitative estimate of drug-likeness (QED) is 0.800. The molecule has 2 N–H and O–H groups in total. The van der Waals surface area contributed by atoms with E-state index in [4.69, 9.17) is 10.5 Å². The summed E-state index contributed by atoms with van der Waals surface area (Å²) in [5.74, 6) is 1.54. The summed E-state index contributed by atoms with van der Waals surface area (Å²) in [6, 6.07) is 18.1. The Labute approximate surface area is 130 Å². The van der Waals surface area contributed by atoms with Gasteiger partial charge < -0.3 is 10.5 Å². The average molecular weight is 293 g/mol. The lowest BCUT2D eigenvalue weighted by molar-refractivity contribution is 0.304. The molecule has 0 spiro atoms. The molecule has 0 aliphatic heterocycles. The van der Waals surface area contributed by atoms with Crippen LogP contribution in [-0.4, -0.2) is 9.78 Å². The first-order valence-electron chi connectivity index (χ1n) is 7.21. The number of benzene rings is 2. The smallest absolute Gasteiger partial charge is 0.122 e. The van der Waals surface area contributed by atoms with Crippen molar-refractivity contribution in [3.63, 3.8) is 0 Å². The van der Waals surface area contributed by atoms with Crippen LogP contribution in [0.1, 0.15) is 11.1 Å². The van der Waals surface area contributed by atoms with E-state index in [0.29, 0.717) is 12.4 Å². The van der Waals surface area contributed by atoms with Crippen LogP contribution in [0.2, 0.25) is 0 Å². The van der Waals surface area contributed by atoms with Crippen molar-refractivity contribution in [1.29, 1.82) is 0 Å². The summed E-state index contributed by atoms with van der Waals surface area (Å²) >= 11 is 0. The summed E-state index contributed by atoms with van der Waals surface area (Å²) in [7, 11) is 1.84. The average Bonchev–Trinajstić information content (AvgIpc) is 2.86. The maximum absolute atomic E-state index is 5.89.